The van der Waals surface area contributed by atoms with E-state index in [-0.39, 0.29) is 0 Å². The maximum Gasteiger partial charge on any atom is 0.166 e. The van der Waals surface area contributed by atoms with E-state index < -0.39 is 0 Å². The molecule has 0 spiro atoms. The lowest BCUT2D eigenvalue weighted by Gasteiger charge is -2.12. The van der Waals surface area contributed by atoms with Crippen LogP contribution in [0.15, 0.2) is 217 Å². The van der Waals surface area contributed by atoms with Crippen LogP contribution in [-0.2, 0) is 0 Å². The van der Waals surface area contributed by atoms with Crippen LogP contribution in [0.3, 0.4) is 0 Å². The zero-order chi connectivity index (χ0) is 41.4. The Hall–Kier alpha value is -8.61. The molecule has 4 heterocycles. The van der Waals surface area contributed by atoms with E-state index >= 15 is 0 Å². The summed E-state index contributed by atoms with van der Waals surface area (Å²) in [5, 5.41) is 6.65. The molecule has 0 bridgehead atoms. The largest absolute Gasteiger partial charge is 0.454 e. The summed E-state index contributed by atoms with van der Waals surface area (Å²) in [6.45, 7) is 0. The lowest BCUT2D eigenvalue weighted by Crippen LogP contribution is -2.02. The van der Waals surface area contributed by atoms with Crippen LogP contribution >= 0.6 is 0 Å². The van der Waals surface area contributed by atoms with E-state index in [1.807, 2.05) is 60.7 Å². The number of hydrogen-bond acceptors (Lipinski definition) is 4. The van der Waals surface area contributed by atoms with Crippen molar-refractivity contribution in [2.45, 2.75) is 0 Å². The average Bonchev–Trinajstić information content (AvgIpc) is 4.01. The van der Waals surface area contributed by atoms with Crippen LogP contribution in [0.2, 0.25) is 0 Å². The molecule has 6 heteroatoms. The molecule has 0 atom stereocenters. The molecule has 0 aliphatic heterocycles. The smallest absolute Gasteiger partial charge is 0.166 e. The number of hydrogen-bond donors (Lipinski definition) is 0. The van der Waals surface area contributed by atoms with Gasteiger partial charge in [-0.2, -0.15) is 0 Å². The quantitative estimate of drug-likeness (QED) is 0.168. The van der Waals surface area contributed by atoms with Gasteiger partial charge in [-0.1, -0.05) is 170 Å². The standard InChI is InChI=1S/C57H35N5O/c1-5-18-36(19-6-1)40-27-15-28-42-41-26-13-14-32-48(41)62(52(40)42)49-33-17-30-44-47-34-50-46(35-51(47)63-54(44)49)43-29-16-31-45(53(43)61(50)39-24-11-4-12-25-39)57-59-55(37-20-7-2-8-21-37)58-56(60-57)38-22-9-3-10-23-38/h1-35H. The maximum absolute atomic E-state index is 7.10. The summed E-state index contributed by atoms with van der Waals surface area (Å²) >= 11 is 0. The second kappa shape index (κ2) is 14.0. The zero-order valence-corrected chi connectivity index (χ0v) is 33.9. The fourth-order valence-electron chi connectivity index (χ4n) is 9.59. The van der Waals surface area contributed by atoms with Crippen molar-refractivity contribution in [3.8, 4) is 56.7 Å². The molecule has 294 valence electrons. The van der Waals surface area contributed by atoms with Crippen LogP contribution in [0.5, 0.6) is 0 Å². The summed E-state index contributed by atoms with van der Waals surface area (Å²) in [7, 11) is 0. The van der Waals surface area contributed by atoms with Crippen molar-refractivity contribution < 1.29 is 4.42 Å². The first kappa shape index (κ1) is 35.2. The fraction of sp³-hybridized carbons (Fsp3) is 0. The highest BCUT2D eigenvalue weighted by Gasteiger charge is 2.24. The highest BCUT2D eigenvalue weighted by atomic mass is 16.3. The number of para-hydroxylation sites is 5. The van der Waals surface area contributed by atoms with E-state index in [0.29, 0.717) is 17.5 Å². The number of furan rings is 1. The number of nitrogens with zero attached hydrogens (tertiary/aromatic N) is 5. The van der Waals surface area contributed by atoms with Crippen molar-refractivity contribution >= 4 is 65.6 Å². The van der Waals surface area contributed by atoms with Crippen LogP contribution in [0.4, 0.5) is 0 Å². The van der Waals surface area contributed by atoms with E-state index in [2.05, 4.69) is 161 Å². The highest BCUT2D eigenvalue weighted by molar-refractivity contribution is 6.20. The van der Waals surface area contributed by atoms with Gasteiger partial charge in [0.1, 0.15) is 5.58 Å². The molecule has 0 fully saturated rings. The van der Waals surface area contributed by atoms with Gasteiger partial charge in [0.25, 0.3) is 0 Å². The van der Waals surface area contributed by atoms with Crippen LogP contribution < -0.4 is 0 Å². The molecule has 63 heavy (non-hydrogen) atoms. The van der Waals surface area contributed by atoms with Crippen molar-refractivity contribution in [1.29, 1.82) is 0 Å². The van der Waals surface area contributed by atoms with Crippen LogP contribution in [-0.4, -0.2) is 24.1 Å². The number of benzene rings is 9. The Morgan fingerprint density at radius 2 is 0.857 bits per heavy atom. The molecule has 6 nitrogen and oxygen atoms in total. The Kier molecular flexibility index (Phi) is 7.80. The van der Waals surface area contributed by atoms with Crippen molar-refractivity contribution in [2.75, 3.05) is 0 Å². The normalized spacial score (nSPS) is 11.8. The van der Waals surface area contributed by atoms with Gasteiger partial charge in [0.05, 0.1) is 27.8 Å². The molecule has 4 aromatic heterocycles. The molecule has 0 saturated heterocycles. The van der Waals surface area contributed by atoms with Gasteiger partial charge < -0.3 is 13.6 Å². The summed E-state index contributed by atoms with van der Waals surface area (Å²) < 4.78 is 11.9. The molecule has 0 aliphatic rings. The minimum atomic E-state index is 0.605. The van der Waals surface area contributed by atoms with Crippen LogP contribution in [0, 0.1) is 0 Å². The van der Waals surface area contributed by atoms with E-state index in [1.165, 1.54) is 21.9 Å². The first-order valence-corrected chi connectivity index (χ1v) is 21.2. The van der Waals surface area contributed by atoms with Gasteiger partial charge in [0.2, 0.25) is 0 Å². The van der Waals surface area contributed by atoms with E-state index in [9.17, 15) is 0 Å². The third-order valence-electron chi connectivity index (χ3n) is 12.4. The minimum absolute atomic E-state index is 0.605. The number of rotatable bonds is 6. The van der Waals surface area contributed by atoms with Gasteiger partial charge in [-0.05, 0) is 48.0 Å². The van der Waals surface area contributed by atoms with Crippen molar-refractivity contribution in [3.63, 3.8) is 0 Å². The van der Waals surface area contributed by atoms with E-state index in [4.69, 9.17) is 19.4 Å². The lowest BCUT2D eigenvalue weighted by atomic mass is 10.0. The second-order valence-electron chi connectivity index (χ2n) is 16.0. The summed E-state index contributed by atoms with van der Waals surface area (Å²) in [6, 6.07) is 74.3. The Balaban J connectivity index is 1.09. The van der Waals surface area contributed by atoms with Crippen molar-refractivity contribution in [3.05, 3.63) is 212 Å². The van der Waals surface area contributed by atoms with Crippen LogP contribution in [0.25, 0.3) is 122 Å². The molecule has 9 aromatic carbocycles. The van der Waals surface area contributed by atoms with Gasteiger partial charge in [0.15, 0.2) is 23.1 Å². The second-order valence-corrected chi connectivity index (χ2v) is 16.0. The Morgan fingerprint density at radius 1 is 0.333 bits per heavy atom. The third kappa shape index (κ3) is 5.48. The van der Waals surface area contributed by atoms with Crippen LogP contribution in [0.1, 0.15) is 0 Å². The van der Waals surface area contributed by atoms with Gasteiger partial charge in [-0.15, -0.1) is 0 Å². The fourth-order valence-corrected chi connectivity index (χ4v) is 9.59. The van der Waals surface area contributed by atoms with Gasteiger partial charge >= 0.3 is 0 Å². The molecule has 0 aliphatic carbocycles. The molecule has 13 rings (SSSR count). The van der Waals surface area contributed by atoms with E-state index in [1.54, 1.807) is 0 Å². The molecule has 13 aromatic rings. The monoisotopic (exact) mass is 805 g/mol. The minimum Gasteiger partial charge on any atom is -0.454 e. The maximum atomic E-state index is 7.10. The number of aromatic nitrogens is 5. The van der Waals surface area contributed by atoms with Crippen molar-refractivity contribution in [2.24, 2.45) is 0 Å². The summed E-state index contributed by atoms with van der Waals surface area (Å²) in [4.78, 5) is 15.4. The molecule has 0 radical (unpaired) electrons. The van der Waals surface area contributed by atoms with Gasteiger partial charge in [-0.3, -0.25) is 0 Å². The first-order chi connectivity index (χ1) is 31.3. The van der Waals surface area contributed by atoms with Crippen molar-refractivity contribution in [1.82, 2.24) is 24.1 Å². The van der Waals surface area contributed by atoms with E-state index in [0.717, 1.165) is 82.8 Å². The molecule has 0 saturated carbocycles. The molecule has 0 unspecified atom stereocenters. The zero-order valence-electron chi connectivity index (χ0n) is 33.9. The predicted molar refractivity (Wildman–Crippen MR) is 258 cm³/mol. The number of fused-ring (bicyclic) bond motifs is 9. The molecular weight excluding hydrogens is 771 g/mol. The predicted octanol–water partition coefficient (Wildman–Crippen LogP) is 14.6. The summed E-state index contributed by atoms with van der Waals surface area (Å²) in [5.41, 5.74) is 13.2. The first-order valence-electron chi connectivity index (χ1n) is 21.2. The molecule has 0 N–H and O–H groups in total. The van der Waals surface area contributed by atoms with Gasteiger partial charge in [0, 0.05) is 60.3 Å². The average molecular weight is 806 g/mol. The third-order valence-corrected chi connectivity index (χ3v) is 12.4. The molecule has 0 amide bonds. The highest BCUT2D eigenvalue weighted by Crippen LogP contribution is 2.44. The SMILES string of the molecule is c1ccc(-c2nc(-c3ccccc3)nc(-c3cccc4c5cc6oc7c(-n8c9ccccc9c9cccc(-c%10ccccc%10)c98)cccc7c6cc5n(-c5ccccc5)c34)n2)cc1. The Labute approximate surface area is 361 Å². The Bertz CT molecular complexity index is 3830. The Morgan fingerprint density at radius 3 is 1.56 bits per heavy atom. The summed E-state index contributed by atoms with van der Waals surface area (Å²) in [6.07, 6.45) is 0. The lowest BCUT2D eigenvalue weighted by molar-refractivity contribution is 0.667. The molecular formula is C57H35N5O. The topological polar surface area (TPSA) is 61.7 Å². The summed E-state index contributed by atoms with van der Waals surface area (Å²) in [5.74, 6) is 1.85. The van der Waals surface area contributed by atoms with Gasteiger partial charge in [-0.25, -0.2) is 15.0 Å².